The third-order valence-electron chi connectivity index (χ3n) is 2.88. The van der Waals surface area contributed by atoms with Gasteiger partial charge in [-0.1, -0.05) is 19.8 Å². The molecule has 0 bridgehead atoms. The molecule has 0 amide bonds. The van der Waals surface area contributed by atoms with Crippen molar-refractivity contribution in [1.29, 1.82) is 0 Å². The first-order valence-corrected chi connectivity index (χ1v) is 5.85. The van der Waals surface area contributed by atoms with E-state index in [1.54, 1.807) is 0 Å². The Labute approximate surface area is 87.3 Å². The van der Waals surface area contributed by atoms with Crippen LogP contribution in [0.2, 0.25) is 0 Å². The second kappa shape index (κ2) is 3.82. The Hall–Kier alpha value is -0.310. The summed E-state index contributed by atoms with van der Waals surface area (Å²) in [6, 6.07) is 0. The molecule has 2 nitrogen and oxygen atoms in total. The summed E-state index contributed by atoms with van der Waals surface area (Å²) in [7, 11) is 0. The van der Waals surface area contributed by atoms with Crippen LogP contribution >= 0.6 is 15.9 Å². The number of aromatic amines is 1. The third-order valence-corrected chi connectivity index (χ3v) is 3.25. The molecule has 1 saturated carbocycles. The van der Waals surface area contributed by atoms with Crippen molar-refractivity contribution in [3.8, 4) is 0 Å². The first-order valence-electron chi connectivity index (χ1n) is 5.05. The predicted molar refractivity (Wildman–Crippen MR) is 56.9 cm³/mol. The third kappa shape index (κ3) is 1.80. The number of nitrogens with one attached hydrogen (secondary N) is 1. The highest BCUT2D eigenvalue weighted by Crippen LogP contribution is 2.35. The Morgan fingerprint density at radius 2 is 2.15 bits per heavy atom. The fourth-order valence-electron chi connectivity index (χ4n) is 2.20. The molecule has 13 heavy (non-hydrogen) atoms. The van der Waals surface area contributed by atoms with E-state index in [0.717, 1.165) is 17.1 Å². The minimum absolute atomic E-state index is 0.720. The van der Waals surface area contributed by atoms with E-state index < -0.39 is 0 Å². The van der Waals surface area contributed by atoms with Crippen LogP contribution in [0.25, 0.3) is 0 Å². The average Bonchev–Trinajstić information content (AvgIpc) is 2.71. The lowest BCUT2D eigenvalue weighted by Gasteiger charge is -2.06. The monoisotopic (exact) mass is 242 g/mol. The van der Waals surface area contributed by atoms with Crippen molar-refractivity contribution in [2.75, 3.05) is 0 Å². The summed E-state index contributed by atoms with van der Waals surface area (Å²) >= 11 is 3.40. The quantitative estimate of drug-likeness (QED) is 0.847. The van der Waals surface area contributed by atoms with Gasteiger partial charge in [0, 0.05) is 11.6 Å². The second-order valence-corrected chi connectivity index (χ2v) is 4.48. The number of imidazole rings is 1. The van der Waals surface area contributed by atoms with Gasteiger partial charge in [-0.15, -0.1) is 0 Å². The Balaban J connectivity index is 2.26. The highest BCUT2D eigenvalue weighted by atomic mass is 79.9. The van der Waals surface area contributed by atoms with E-state index in [9.17, 15) is 0 Å². The van der Waals surface area contributed by atoms with Crippen molar-refractivity contribution in [3.63, 3.8) is 0 Å². The van der Waals surface area contributed by atoms with Gasteiger partial charge in [0.25, 0.3) is 0 Å². The summed E-state index contributed by atoms with van der Waals surface area (Å²) in [6.45, 7) is 2.18. The molecule has 0 atom stereocenters. The smallest absolute Gasteiger partial charge is 0.174 e. The molecule has 1 heterocycles. The van der Waals surface area contributed by atoms with E-state index in [1.165, 1.54) is 37.1 Å². The lowest BCUT2D eigenvalue weighted by molar-refractivity contribution is 0.691. The Kier molecular flexibility index (Phi) is 2.72. The van der Waals surface area contributed by atoms with Crippen molar-refractivity contribution in [1.82, 2.24) is 9.97 Å². The van der Waals surface area contributed by atoms with E-state index in [2.05, 4.69) is 32.8 Å². The van der Waals surface area contributed by atoms with Gasteiger partial charge in [-0.2, -0.15) is 0 Å². The zero-order valence-corrected chi connectivity index (χ0v) is 9.52. The van der Waals surface area contributed by atoms with Crippen LogP contribution in [-0.2, 0) is 6.42 Å². The topological polar surface area (TPSA) is 28.7 Å². The normalized spacial score (nSPS) is 18.3. The van der Waals surface area contributed by atoms with E-state index in [-0.39, 0.29) is 0 Å². The minimum Gasteiger partial charge on any atom is -0.336 e. The van der Waals surface area contributed by atoms with Crippen LogP contribution in [0, 0.1) is 0 Å². The van der Waals surface area contributed by atoms with Crippen molar-refractivity contribution < 1.29 is 0 Å². The fourth-order valence-corrected chi connectivity index (χ4v) is 2.63. The van der Waals surface area contributed by atoms with Gasteiger partial charge in [0.1, 0.15) is 0 Å². The van der Waals surface area contributed by atoms with Gasteiger partial charge < -0.3 is 4.98 Å². The predicted octanol–water partition coefficient (Wildman–Crippen LogP) is 3.39. The van der Waals surface area contributed by atoms with Gasteiger partial charge in [-0.25, -0.2) is 4.98 Å². The van der Waals surface area contributed by atoms with Crippen molar-refractivity contribution >= 4 is 15.9 Å². The van der Waals surface area contributed by atoms with E-state index in [1.807, 2.05) is 0 Å². The lowest BCUT2D eigenvalue weighted by Crippen LogP contribution is -1.97. The second-order valence-electron chi connectivity index (χ2n) is 3.73. The van der Waals surface area contributed by atoms with Gasteiger partial charge in [0.15, 0.2) is 4.73 Å². The molecule has 0 aromatic carbocycles. The van der Waals surface area contributed by atoms with Crippen LogP contribution in [0.4, 0.5) is 0 Å². The number of hydrogen-bond donors (Lipinski definition) is 1. The molecule has 1 aliphatic carbocycles. The molecule has 0 radical (unpaired) electrons. The molecule has 0 unspecified atom stereocenters. The number of aryl methyl sites for hydroxylation is 1. The first-order chi connectivity index (χ1) is 6.31. The number of hydrogen-bond acceptors (Lipinski definition) is 1. The summed E-state index contributed by atoms with van der Waals surface area (Å²) < 4.78 is 0.895. The molecule has 1 aliphatic rings. The van der Waals surface area contributed by atoms with E-state index in [4.69, 9.17) is 0 Å². The van der Waals surface area contributed by atoms with Gasteiger partial charge >= 0.3 is 0 Å². The molecule has 0 saturated heterocycles. The molecule has 0 aliphatic heterocycles. The Morgan fingerprint density at radius 3 is 2.77 bits per heavy atom. The molecule has 0 spiro atoms. The number of rotatable bonds is 2. The minimum atomic E-state index is 0.720. The lowest BCUT2D eigenvalue weighted by atomic mass is 10.0. The molecular formula is C10H15BrN2. The van der Waals surface area contributed by atoms with Crippen LogP contribution in [0.15, 0.2) is 4.73 Å². The van der Waals surface area contributed by atoms with Crippen molar-refractivity contribution in [2.45, 2.75) is 44.9 Å². The maximum absolute atomic E-state index is 4.52. The Bertz CT molecular complexity index is 287. The van der Waals surface area contributed by atoms with Crippen LogP contribution in [0.3, 0.4) is 0 Å². The largest absolute Gasteiger partial charge is 0.336 e. The zero-order valence-electron chi connectivity index (χ0n) is 7.94. The SMILES string of the molecule is CCc1[nH]c(Br)nc1C1CCCC1. The molecule has 1 fully saturated rings. The molecule has 3 heteroatoms. The standard InChI is InChI=1S/C10H15BrN2/c1-2-8-9(13-10(11)12-8)7-5-3-4-6-7/h7H,2-6H2,1H3,(H,12,13). The van der Waals surface area contributed by atoms with Gasteiger partial charge in [0.05, 0.1) is 5.69 Å². The van der Waals surface area contributed by atoms with Crippen molar-refractivity contribution in [3.05, 3.63) is 16.1 Å². The van der Waals surface area contributed by atoms with Crippen LogP contribution in [-0.4, -0.2) is 9.97 Å². The summed E-state index contributed by atoms with van der Waals surface area (Å²) in [5.74, 6) is 0.720. The zero-order chi connectivity index (χ0) is 9.26. The molecular weight excluding hydrogens is 228 g/mol. The van der Waals surface area contributed by atoms with Crippen LogP contribution < -0.4 is 0 Å². The van der Waals surface area contributed by atoms with Crippen LogP contribution in [0.1, 0.15) is 49.9 Å². The average molecular weight is 243 g/mol. The van der Waals surface area contributed by atoms with E-state index >= 15 is 0 Å². The molecule has 1 aromatic heterocycles. The van der Waals surface area contributed by atoms with Crippen molar-refractivity contribution in [2.24, 2.45) is 0 Å². The number of halogens is 1. The van der Waals surface area contributed by atoms with Gasteiger partial charge in [-0.05, 0) is 35.2 Å². The molecule has 1 aromatic rings. The first kappa shape index (κ1) is 9.25. The Morgan fingerprint density at radius 1 is 1.46 bits per heavy atom. The number of aromatic nitrogens is 2. The maximum Gasteiger partial charge on any atom is 0.174 e. The molecule has 72 valence electrons. The molecule has 1 N–H and O–H groups in total. The van der Waals surface area contributed by atoms with Gasteiger partial charge in [0.2, 0.25) is 0 Å². The van der Waals surface area contributed by atoms with E-state index in [0.29, 0.717) is 0 Å². The highest BCUT2D eigenvalue weighted by Gasteiger charge is 2.22. The number of H-pyrrole nitrogens is 1. The summed E-state index contributed by atoms with van der Waals surface area (Å²) in [5.41, 5.74) is 2.63. The van der Waals surface area contributed by atoms with Crippen LogP contribution in [0.5, 0.6) is 0 Å². The highest BCUT2D eigenvalue weighted by molar-refractivity contribution is 9.10. The summed E-state index contributed by atoms with van der Waals surface area (Å²) in [6.07, 6.45) is 6.45. The summed E-state index contributed by atoms with van der Waals surface area (Å²) in [5, 5.41) is 0. The summed E-state index contributed by atoms with van der Waals surface area (Å²) in [4.78, 5) is 7.80. The fraction of sp³-hybridized carbons (Fsp3) is 0.700. The maximum atomic E-state index is 4.52. The number of nitrogens with zero attached hydrogens (tertiary/aromatic N) is 1. The van der Waals surface area contributed by atoms with Gasteiger partial charge in [-0.3, -0.25) is 0 Å². The molecule has 2 rings (SSSR count).